The molecule has 0 aliphatic heterocycles. The first kappa shape index (κ1) is 13.5. The van der Waals surface area contributed by atoms with Crippen molar-refractivity contribution in [1.29, 1.82) is 0 Å². The van der Waals surface area contributed by atoms with E-state index in [0.29, 0.717) is 10.9 Å². The number of halogens is 2. The molecule has 1 aromatic rings. The highest BCUT2D eigenvalue weighted by Crippen LogP contribution is 2.22. The van der Waals surface area contributed by atoms with Crippen LogP contribution < -0.4 is 5.32 Å². The third-order valence-corrected chi connectivity index (χ3v) is 3.83. The van der Waals surface area contributed by atoms with Gasteiger partial charge in [0.15, 0.2) is 0 Å². The number of hydrogen-bond acceptors (Lipinski definition) is 2. The van der Waals surface area contributed by atoms with Crippen molar-refractivity contribution in [2.75, 3.05) is 0 Å². The molecule has 2 atom stereocenters. The van der Waals surface area contributed by atoms with E-state index in [9.17, 15) is 14.3 Å². The van der Waals surface area contributed by atoms with Gasteiger partial charge in [-0.3, -0.25) is 4.79 Å². The maximum absolute atomic E-state index is 13.6. The number of aliphatic hydroxyl groups is 1. The number of amides is 1. The summed E-state index contributed by atoms with van der Waals surface area (Å²) >= 11 is 3.17. The zero-order chi connectivity index (χ0) is 13.1. The van der Waals surface area contributed by atoms with Crippen LogP contribution in [0, 0.1) is 5.82 Å². The van der Waals surface area contributed by atoms with Gasteiger partial charge >= 0.3 is 0 Å². The number of rotatable bonds is 2. The molecule has 1 amide bonds. The molecule has 1 aliphatic rings. The van der Waals surface area contributed by atoms with E-state index in [1.807, 2.05) is 0 Å². The van der Waals surface area contributed by atoms with Crippen LogP contribution in [0.25, 0.3) is 0 Å². The molecule has 1 aliphatic carbocycles. The zero-order valence-electron chi connectivity index (χ0n) is 9.83. The first-order valence-corrected chi connectivity index (χ1v) is 6.80. The van der Waals surface area contributed by atoms with Crippen molar-refractivity contribution in [2.45, 2.75) is 37.8 Å². The van der Waals surface area contributed by atoms with Crippen LogP contribution in [0.2, 0.25) is 0 Å². The van der Waals surface area contributed by atoms with Crippen molar-refractivity contribution in [1.82, 2.24) is 5.32 Å². The molecule has 0 radical (unpaired) electrons. The van der Waals surface area contributed by atoms with Crippen LogP contribution in [0.5, 0.6) is 0 Å². The standard InChI is InChI=1S/C13H15BrFNO2/c14-10-5-2-6-11(15)12(10)13(18)16-8-3-1-4-9(17)7-8/h2,5-6,8-9,17H,1,3-4,7H2,(H,16,18). The van der Waals surface area contributed by atoms with E-state index in [0.717, 1.165) is 19.3 Å². The third-order valence-electron chi connectivity index (χ3n) is 3.17. The fraction of sp³-hybridized carbons (Fsp3) is 0.462. The maximum Gasteiger partial charge on any atom is 0.255 e. The fourth-order valence-electron chi connectivity index (χ4n) is 2.27. The number of aliphatic hydroxyl groups excluding tert-OH is 1. The van der Waals surface area contributed by atoms with E-state index in [1.54, 1.807) is 12.1 Å². The predicted octanol–water partition coefficient (Wildman–Crippen LogP) is 2.62. The van der Waals surface area contributed by atoms with Crippen molar-refractivity contribution >= 4 is 21.8 Å². The Hall–Kier alpha value is -0.940. The Morgan fingerprint density at radius 3 is 2.89 bits per heavy atom. The van der Waals surface area contributed by atoms with Crippen LogP contribution in [0.1, 0.15) is 36.0 Å². The SMILES string of the molecule is O=C(NC1CCCC(O)C1)c1c(F)cccc1Br. The van der Waals surface area contributed by atoms with Gasteiger partial charge in [0, 0.05) is 10.5 Å². The van der Waals surface area contributed by atoms with Crippen LogP contribution >= 0.6 is 15.9 Å². The number of nitrogens with one attached hydrogen (secondary N) is 1. The molecule has 2 rings (SSSR count). The lowest BCUT2D eigenvalue weighted by molar-refractivity contribution is 0.0845. The van der Waals surface area contributed by atoms with Gasteiger partial charge in [0.05, 0.1) is 11.7 Å². The van der Waals surface area contributed by atoms with Gasteiger partial charge in [0.2, 0.25) is 0 Å². The summed E-state index contributed by atoms with van der Waals surface area (Å²) in [6.45, 7) is 0. The van der Waals surface area contributed by atoms with E-state index in [1.165, 1.54) is 6.07 Å². The largest absolute Gasteiger partial charge is 0.393 e. The number of benzene rings is 1. The monoisotopic (exact) mass is 315 g/mol. The molecular weight excluding hydrogens is 301 g/mol. The van der Waals surface area contributed by atoms with E-state index < -0.39 is 11.7 Å². The first-order valence-electron chi connectivity index (χ1n) is 6.01. The molecule has 1 saturated carbocycles. The summed E-state index contributed by atoms with van der Waals surface area (Å²) in [6.07, 6.45) is 2.65. The average molecular weight is 316 g/mol. The molecule has 1 fully saturated rings. The van der Waals surface area contributed by atoms with Crippen molar-refractivity contribution in [3.05, 3.63) is 34.1 Å². The van der Waals surface area contributed by atoms with Gasteiger partial charge in [-0.1, -0.05) is 6.07 Å². The third kappa shape index (κ3) is 3.09. The van der Waals surface area contributed by atoms with E-state index >= 15 is 0 Å². The normalized spacial score (nSPS) is 23.7. The molecule has 2 N–H and O–H groups in total. The second-order valence-electron chi connectivity index (χ2n) is 4.59. The molecule has 1 aromatic carbocycles. The zero-order valence-corrected chi connectivity index (χ0v) is 11.4. The molecule has 98 valence electrons. The molecule has 18 heavy (non-hydrogen) atoms. The second-order valence-corrected chi connectivity index (χ2v) is 5.44. The molecule has 0 bridgehead atoms. The van der Waals surface area contributed by atoms with E-state index in [4.69, 9.17) is 0 Å². The molecule has 0 heterocycles. The summed E-state index contributed by atoms with van der Waals surface area (Å²) in [7, 11) is 0. The fourth-order valence-corrected chi connectivity index (χ4v) is 2.79. The average Bonchev–Trinajstić information content (AvgIpc) is 2.28. The smallest absolute Gasteiger partial charge is 0.255 e. The Balaban J connectivity index is 2.07. The van der Waals surface area contributed by atoms with Gasteiger partial charge in [0.25, 0.3) is 5.91 Å². The highest BCUT2D eigenvalue weighted by atomic mass is 79.9. The molecule has 0 spiro atoms. The summed E-state index contributed by atoms with van der Waals surface area (Å²) in [5, 5.41) is 12.3. The van der Waals surface area contributed by atoms with Crippen LogP contribution in [0.15, 0.2) is 22.7 Å². The van der Waals surface area contributed by atoms with Crippen molar-refractivity contribution in [2.24, 2.45) is 0 Å². The number of hydrogen-bond donors (Lipinski definition) is 2. The van der Waals surface area contributed by atoms with Gasteiger partial charge in [-0.15, -0.1) is 0 Å². The Bertz CT molecular complexity index is 432. The minimum Gasteiger partial charge on any atom is -0.393 e. The molecule has 0 saturated heterocycles. The van der Waals surface area contributed by atoms with Crippen molar-refractivity contribution in [3.8, 4) is 0 Å². The van der Waals surface area contributed by atoms with Crippen LogP contribution in [-0.2, 0) is 0 Å². The maximum atomic E-state index is 13.6. The lowest BCUT2D eigenvalue weighted by atomic mass is 9.93. The second kappa shape index (κ2) is 5.80. The minimum atomic E-state index is -0.543. The summed E-state index contributed by atoms with van der Waals surface area (Å²) in [5.74, 6) is -0.975. The first-order chi connectivity index (χ1) is 8.58. The van der Waals surface area contributed by atoms with Gasteiger partial charge < -0.3 is 10.4 Å². The van der Waals surface area contributed by atoms with Gasteiger partial charge in [-0.05, 0) is 53.7 Å². The molecule has 3 nitrogen and oxygen atoms in total. The topological polar surface area (TPSA) is 49.3 Å². The Kier molecular flexibility index (Phi) is 4.35. The van der Waals surface area contributed by atoms with Gasteiger partial charge in [-0.2, -0.15) is 0 Å². The summed E-state index contributed by atoms with van der Waals surface area (Å²) in [6, 6.07) is 4.36. The highest BCUT2D eigenvalue weighted by Gasteiger charge is 2.24. The summed E-state index contributed by atoms with van der Waals surface area (Å²) in [5.41, 5.74) is 0.0255. The van der Waals surface area contributed by atoms with Crippen LogP contribution in [0.3, 0.4) is 0 Å². The molecule has 2 unspecified atom stereocenters. The Morgan fingerprint density at radius 2 is 2.22 bits per heavy atom. The van der Waals surface area contributed by atoms with Gasteiger partial charge in [0.1, 0.15) is 5.82 Å². The summed E-state index contributed by atoms with van der Waals surface area (Å²) in [4.78, 5) is 12.0. The number of carbonyl (C=O) groups excluding carboxylic acids is 1. The number of carbonyl (C=O) groups is 1. The van der Waals surface area contributed by atoms with Crippen molar-refractivity contribution < 1.29 is 14.3 Å². The van der Waals surface area contributed by atoms with Crippen LogP contribution in [0.4, 0.5) is 4.39 Å². The molecule has 0 aromatic heterocycles. The molecule has 5 heteroatoms. The lowest BCUT2D eigenvalue weighted by Gasteiger charge is -2.26. The van der Waals surface area contributed by atoms with E-state index in [-0.39, 0.29) is 17.7 Å². The van der Waals surface area contributed by atoms with Crippen molar-refractivity contribution in [3.63, 3.8) is 0 Å². The quantitative estimate of drug-likeness (QED) is 0.881. The van der Waals surface area contributed by atoms with E-state index in [2.05, 4.69) is 21.2 Å². The highest BCUT2D eigenvalue weighted by molar-refractivity contribution is 9.10. The predicted molar refractivity (Wildman–Crippen MR) is 69.8 cm³/mol. The van der Waals surface area contributed by atoms with Gasteiger partial charge in [-0.25, -0.2) is 4.39 Å². The van der Waals surface area contributed by atoms with Crippen LogP contribution in [-0.4, -0.2) is 23.2 Å². The minimum absolute atomic E-state index is 0.0255. The Morgan fingerprint density at radius 1 is 1.44 bits per heavy atom. The molecular formula is C13H15BrFNO2. The summed E-state index contributed by atoms with van der Waals surface area (Å²) < 4.78 is 14.0. The lowest BCUT2D eigenvalue weighted by Crippen LogP contribution is -2.40. The Labute approximate surface area is 114 Å².